The van der Waals surface area contributed by atoms with Crippen molar-refractivity contribution >= 4 is 21.6 Å². The van der Waals surface area contributed by atoms with Gasteiger partial charge >= 0.3 is 0 Å². The normalized spacial score (nSPS) is 11.1. The third kappa shape index (κ3) is 5.30. The van der Waals surface area contributed by atoms with Crippen molar-refractivity contribution in [3.63, 3.8) is 0 Å². The van der Waals surface area contributed by atoms with E-state index < -0.39 is 10.0 Å². The molecule has 134 valence electrons. The van der Waals surface area contributed by atoms with E-state index in [1.54, 1.807) is 36.4 Å². The van der Waals surface area contributed by atoms with E-state index in [2.05, 4.69) is 10.0 Å². The Morgan fingerprint density at radius 2 is 1.88 bits per heavy atom. The van der Waals surface area contributed by atoms with Gasteiger partial charge in [0.15, 0.2) is 0 Å². The number of nitrogens with one attached hydrogen (secondary N) is 2. The van der Waals surface area contributed by atoms with E-state index in [1.165, 1.54) is 19.2 Å². The summed E-state index contributed by atoms with van der Waals surface area (Å²) < 4.78 is 32.2. The summed E-state index contributed by atoms with van der Waals surface area (Å²) in [6.07, 6.45) is 1.67. The molecule has 0 aliphatic rings. The molecule has 0 unspecified atom stereocenters. The SMILES string of the molecule is CCCCNS(=O)(=O)c1cccc(NC(=O)c2cccc(OC)c2)c1. The number of sulfonamides is 1. The van der Waals surface area contributed by atoms with Crippen molar-refractivity contribution in [3.05, 3.63) is 54.1 Å². The first kappa shape index (κ1) is 19.0. The predicted octanol–water partition coefficient (Wildman–Crippen LogP) is 3.03. The number of anilines is 1. The maximum Gasteiger partial charge on any atom is 0.255 e. The zero-order valence-corrected chi connectivity index (χ0v) is 15.1. The van der Waals surface area contributed by atoms with Crippen molar-refractivity contribution in [1.29, 1.82) is 0 Å². The van der Waals surface area contributed by atoms with Crippen molar-refractivity contribution in [2.75, 3.05) is 19.0 Å². The number of unbranched alkanes of at least 4 members (excludes halogenated alkanes) is 1. The van der Waals surface area contributed by atoms with Gasteiger partial charge in [0.25, 0.3) is 5.91 Å². The molecule has 0 atom stereocenters. The lowest BCUT2D eigenvalue weighted by atomic mass is 10.2. The number of ether oxygens (including phenoxy) is 1. The average molecular weight is 362 g/mol. The van der Waals surface area contributed by atoms with Crippen LogP contribution in [0.2, 0.25) is 0 Å². The first-order valence-corrected chi connectivity index (χ1v) is 9.49. The summed E-state index contributed by atoms with van der Waals surface area (Å²) in [5.74, 6) is 0.233. The molecule has 1 amide bonds. The molecule has 2 rings (SSSR count). The number of benzene rings is 2. The molecule has 0 saturated heterocycles. The highest BCUT2D eigenvalue weighted by molar-refractivity contribution is 7.89. The van der Waals surface area contributed by atoms with Crippen LogP contribution in [0.5, 0.6) is 5.75 Å². The second kappa shape index (κ2) is 8.64. The molecular formula is C18H22N2O4S. The third-order valence-electron chi connectivity index (χ3n) is 3.56. The molecule has 6 nitrogen and oxygen atoms in total. The molecule has 0 aromatic heterocycles. The van der Waals surface area contributed by atoms with Crippen LogP contribution in [0.1, 0.15) is 30.1 Å². The van der Waals surface area contributed by atoms with Gasteiger partial charge in [0, 0.05) is 17.8 Å². The van der Waals surface area contributed by atoms with Crippen molar-refractivity contribution < 1.29 is 17.9 Å². The second-order valence-corrected chi connectivity index (χ2v) is 7.23. The Morgan fingerprint density at radius 1 is 1.12 bits per heavy atom. The fourth-order valence-electron chi connectivity index (χ4n) is 2.18. The van der Waals surface area contributed by atoms with Gasteiger partial charge in [0.05, 0.1) is 12.0 Å². The Bertz CT molecular complexity index is 834. The maximum absolute atomic E-state index is 12.3. The minimum Gasteiger partial charge on any atom is -0.497 e. The lowest BCUT2D eigenvalue weighted by molar-refractivity contribution is 0.102. The molecule has 2 aromatic rings. The highest BCUT2D eigenvalue weighted by Gasteiger charge is 2.14. The molecule has 0 aliphatic heterocycles. The quantitative estimate of drug-likeness (QED) is 0.707. The lowest BCUT2D eigenvalue weighted by Gasteiger charge is -2.10. The number of carbonyl (C=O) groups excluding carboxylic acids is 1. The van der Waals surface area contributed by atoms with Crippen molar-refractivity contribution in [2.45, 2.75) is 24.7 Å². The molecule has 2 N–H and O–H groups in total. The summed E-state index contributed by atoms with van der Waals surface area (Å²) in [6, 6.07) is 12.9. The monoisotopic (exact) mass is 362 g/mol. The molecule has 0 aliphatic carbocycles. The van der Waals surface area contributed by atoms with Gasteiger partial charge in [-0.1, -0.05) is 25.5 Å². The summed E-state index contributed by atoms with van der Waals surface area (Å²) >= 11 is 0. The Balaban J connectivity index is 2.14. The molecule has 0 bridgehead atoms. The minimum absolute atomic E-state index is 0.118. The van der Waals surface area contributed by atoms with E-state index in [9.17, 15) is 13.2 Å². The van der Waals surface area contributed by atoms with Crippen molar-refractivity contribution in [3.8, 4) is 5.75 Å². The zero-order chi connectivity index (χ0) is 18.3. The largest absolute Gasteiger partial charge is 0.497 e. The van der Waals surface area contributed by atoms with Gasteiger partial charge in [-0.05, 0) is 42.8 Å². The van der Waals surface area contributed by atoms with Gasteiger partial charge in [0.1, 0.15) is 5.75 Å². The van der Waals surface area contributed by atoms with Crippen LogP contribution in [0.25, 0.3) is 0 Å². The maximum atomic E-state index is 12.3. The van der Waals surface area contributed by atoms with Gasteiger partial charge < -0.3 is 10.1 Å². The Hall–Kier alpha value is -2.38. The van der Waals surface area contributed by atoms with Gasteiger partial charge in [-0.25, -0.2) is 13.1 Å². The van der Waals surface area contributed by atoms with Crippen LogP contribution in [0, 0.1) is 0 Å². The number of carbonyl (C=O) groups is 1. The molecule has 2 aromatic carbocycles. The second-order valence-electron chi connectivity index (χ2n) is 5.47. The van der Waals surface area contributed by atoms with E-state index >= 15 is 0 Å². The average Bonchev–Trinajstić information content (AvgIpc) is 2.62. The Labute approximate surface area is 148 Å². The fraction of sp³-hybridized carbons (Fsp3) is 0.278. The molecule has 0 fully saturated rings. The Morgan fingerprint density at radius 3 is 2.60 bits per heavy atom. The number of rotatable bonds is 8. The van der Waals surface area contributed by atoms with E-state index in [0.717, 1.165) is 12.8 Å². The molecule has 0 heterocycles. The molecule has 0 saturated carbocycles. The van der Waals surface area contributed by atoms with Crippen LogP contribution in [0.15, 0.2) is 53.4 Å². The topological polar surface area (TPSA) is 84.5 Å². The van der Waals surface area contributed by atoms with E-state index in [1.807, 2.05) is 6.92 Å². The third-order valence-corrected chi connectivity index (χ3v) is 5.02. The molecular weight excluding hydrogens is 340 g/mol. The number of methoxy groups -OCH3 is 1. The predicted molar refractivity (Wildman–Crippen MR) is 97.5 cm³/mol. The van der Waals surface area contributed by atoms with Crippen LogP contribution < -0.4 is 14.8 Å². The van der Waals surface area contributed by atoms with Crippen LogP contribution in [0.4, 0.5) is 5.69 Å². The first-order chi connectivity index (χ1) is 12.0. The molecule has 0 radical (unpaired) electrons. The molecule has 7 heteroatoms. The number of amides is 1. The smallest absolute Gasteiger partial charge is 0.255 e. The number of hydrogen-bond donors (Lipinski definition) is 2. The number of hydrogen-bond acceptors (Lipinski definition) is 4. The van der Waals surface area contributed by atoms with E-state index in [4.69, 9.17) is 4.74 Å². The highest BCUT2D eigenvalue weighted by Crippen LogP contribution is 2.18. The molecule has 25 heavy (non-hydrogen) atoms. The van der Waals surface area contributed by atoms with Gasteiger partial charge in [0.2, 0.25) is 10.0 Å². The van der Waals surface area contributed by atoms with Crippen molar-refractivity contribution in [2.24, 2.45) is 0 Å². The summed E-state index contributed by atoms with van der Waals surface area (Å²) in [5, 5.41) is 2.70. The van der Waals surface area contributed by atoms with E-state index in [-0.39, 0.29) is 10.8 Å². The highest BCUT2D eigenvalue weighted by atomic mass is 32.2. The first-order valence-electron chi connectivity index (χ1n) is 8.01. The summed E-state index contributed by atoms with van der Waals surface area (Å²) in [6.45, 7) is 2.38. The van der Waals surface area contributed by atoms with Gasteiger partial charge in [-0.3, -0.25) is 4.79 Å². The van der Waals surface area contributed by atoms with Crippen LogP contribution in [-0.2, 0) is 10.0 Å². The lowest BCUT2D eigenvalue weighted by Crippen LogP contribution is -2.24. The van der Waals surface area contributed by atoms with E-state index in [0.29, 0.717) is 23.5 Å². The van der Waals surface area contributed by atoms with Gasteiger partial charge in [-0.15, -0.1) is 0 Å². The Kier molecular flexibility index (Phi) is 6.55. The summed E-state index contributed by atoms with van der Waals surface area (Å²) in [5.41, 5.74) is 0.833. The van der Waals surface area contributed by atoms with Gasteiger partial charge in [-0.2, -0.15) is 0 Å². The minimum atomic E-state index is -3.59. The zero-order valence-electron chi connectivity index (χ0n) is 14.3. The summed E-state index contributed by atoms with van der Waals surface area (Å²) in [4.78, 5) is 12.4. The van der Waals surface area contributed by atoms with Crippen LogP contribution in [-0.4, -0.2) is 28.0 Å². The summed E-state index contributed by atoms with van der Waals surface area (Å²) in [7, 11) is -2.06. The van der Waals surface area contributed by atoms with Crippen molar-refractivity contribution in [1.82, 2.24) is 4.72 Å². The van der Waals surface area contributed by atoms with Crippen LogP contribution >= 0.6 is 0 Å². The van der Waals surface area contributed by atoms with Crippen LogP contribution in [0.3, 0.4) is 0 Å². The standard InChI is InChI=1S/C18H22N2O4S/c1-3-4-11-19-25(22,23)17-10-6-8-15(13-17)20-18(21)14-7-5-9-16(12-14)24-2/h5-10,12-13,19H,3-4,11H2,1-2H3,(H,20,21). The fourth-order valence-corrected chi connectivity index (χ4v) is 3.29. The molecule has 0 spiro atoms.